The average Bonchev–Trinajstić information content (AvgIpc) is 2.81. The van der Waals surface area contributed by atoms with Gasteiger partial charge in [-0.15, -0.1) is 0 Å². The molecule has 206 valence electrons. The first-order valence-corrected chi connectivity index (χ1v) is 14.0. The van der Waals surface area contributed by atoms with Gasteiger partial charge >= 0.3 is 0 Å². The van der Waals surface area contributed by atoms with Crippen molar-refractivity contribution in [3.8, 4) is 0 Å². The molecular formula is C33H50O4. The summed E-state index contributed by atoms with van der Waals surface area (Å²) in [7, 11) is 0. The second kappa shape index (κ2) is 11.2. The molecule has 0 N–H and O–H groups in total. The highest BCUT2D eigenvalue weighted by Gasteiger charge is 2.49. The zero-order chi connectivity index (χ0) is 27.6. The summed E-state index contributed by atoms with van der Waals surface area (Å²) in [6.07, 6.45) is 2.47. The van der Waals surface area contributed by atoms with Crippen LogP contribution in [0.1, 0.15) is 130 Å². The van der Waals surface area contributed by atoms with E-state index in [-0.39, 0.29) is 5.41 Å². The molecule has 1 aliphatic carbocycles. The Morgan fingerprint density at radius 2 is 1.16 bits per heavy atom. The Morgan fingerprint density at radius 1 is 0.730 bits per heavy atom. The van der Waals surface area contributed by atoms with E-state index in [0.717, 1.165) is 17.5 Å². The van der Waals surface area contributed by atoms with E-state index in [1.54, 1.807) is 0 Å². The SMILES string of the molecule is CC1CC(C)(C)CC(OOC(C)(C)c2cccc(C(C)C)c2)(OOC(C)(C)c2cccc(C(C)C)c2)C1. The van der Waals surface area contributed by atoms with Crippen LogP contribution in [0.2, 0.25) is 0 Å². The lowest BCUT2D eigenvalue weighted by Gasteiger charge is -2.46. The van der Waals surface area contributed by atoms with E-state index >= 15 is 0 Å². The summed E-state index contributed by atoms with van der Waals surface area (Å²) in [6, 6.07) is 17.1. The molecule has 0 amide bonds. The molecule has 1 atom stereocenters. The van der Waals surface area contributed by atoms with E-state index in [0.29, 0.717) is 30.6 Å². The first-order valence-electron chi connectivity index (χ1n) is 14.0. The summed E-state index contributed by atoms with van der Waals surface area (Å²) >= 11 is 0. The fraction of sp³-hybridized carbons (Fsp3) is 0.636. The van der Waals surface area contributed by atoms with Gasteiger partial charge in [-0.25, -0.2) is 9.78 Å². The fourth-order valence-corrected chi connectivity index (χ4v) is 5.56. The molecule has 0 saturated heterocycles. The fourth-order valence-electron chi connectivity index (χ4n) is 5.56. The highest BCUT2D eigenvalue weighted by atomic mass is 17.3. The predicted molar refractivity (Wildman–Crippen MR) is 151 cm³/mol. The number of hydrogen-bond acceptors (Lipinski definition) is 4. The molecule has 1 saturated carbocycles. The van der Waals surface area contributed by atoms with Crippen LogP contribution in [-0.4, -0.2) is 5.79 Å². The summed E-state index contributed by atoms with van der Waals surface area (Å²) in [6.45, 7) is 23.7. The Kier molecular flexibility index (Phi) is 9.01. The summed E-state index contributed by atoms with van der Waals surface area (Å²) < 4.78 is 0. The van der Waals surface area contributed by atoms with Crippen molar-refractivity contribution in [3.05, 3.63) is 70.8 Å². The van der Waals surface area contributed by atoms with Gasteiger partial charge in [0.2, 0.25) is 5.79 Å². The first kappa shape index (κ1) is 29.8. The molecule has 0 aromatic heterocycles. The molecule has 2 aromatic carbocycles. The number of hydrogen-bond donors (Lipinski definition) is 0. The van der Waals surface area contributed by atoms with E-state index < -0.39 is 17.0 Å². The molecular weight excluding hydrogens is 460 g/mol. The van der Waals surface area contributed by atoms with E-state index in [4.69, 9.17) is 19.6 Å². The minimum Gasteiger partial charge on any atom is -0.223 e. The Balaban J connectivity index is 1.84. The van der Waals surface area contributed by atoms with Crippen molar-refractivity contribution in [1.82, 2.24) is 0 Å². The maximum absolute atomic E-state index is 6.34. The molecule has 4 nitrogen and oxygen atoms in total. The van der Waals surface area contributed by atoms with E-state index in [1.807, 2.05) is 27.7 Å². The monoisotopic (exact) mass is 510 g/mol. The third-order valence-electron chi connectivity index (χ3n) is 7.61. The Bertz CT molecular complexity index is 967. The van der Waals surface area contributed by atoms with Crippen LogP contribution in [0.15, 0.2) is 48.5 Å². The maximum atomic E-state index is 6.34. The number of benzene rings is 2. The van der Waals surface area contributed by atoms with Gasteiger partial charge in [0.25, 0.3) is 0 Å². The molecule has 0 aliphatic heterocycles. The minimum atomic E-state index is -1.01. The zero-order valence-electron chi connectivity index (χ0n) is 25.1. The molecule has 0 spiro atoms. The van der Waals surface area contributed by atoms with Crippen molar-refractivity contribution in [2.24, 2.45) is 11.3 Å². The molecule has 4 heteroatoms. The van der Waals surface area contributed by atoms with Crippen molar-refractivity contribution in [1.29, 1.82) is 0 Å². The van der Waals surface area contributed by atoms with Crippen molar-refractivity contribution in [2.45, 2.75) is 124 Å². The number of rotatable bonds is 10. The lowest BCUT2D eigenvalue weighted by molar-refractivity contribution is -0.556. The molecule has 2 aromatic rings. The van der Waals surface area contributed by atoms with E-state index in [1.165, 1.54) is 11.1 Å². The smallest absolute Gasteiger partial charge is 0.223 e. The average molecular weight is 511 g/mol. The highest BCUT2D eigenvalue weighted by molar-refractivity contribution is 5.30. The Hall–Kier alpha value is -1.72. The van der Waals surface area contributed by atoms with Crippen molar-refractivity contribution >= 4 is 0 Å². The predicted octanol–water partition coefficient (Wildman–Crippen LogP) is 9.54. The summed E-state index contributed by atoms with van der Waals surface area (Å²) in [5, 5.41) is 0. The third-order valence-corrected chi connectivity index (χ3v) is 7.61. The third kappa shape index (κ3) is 7.66. The molecule has 1 fully saturated rings. The van der Waals surface area contributed by atoms with Crippen molar-refractivity contribution in [3.63, 3.8) is 0 Å². The molecule has 0 bridgehead atoms. The second-order valence-electron chi connectivity index (χ2n) is 13.7. The van der Waals surface area contributed by atoms with Crippen LogP contribution in [0.4, 0.5) is 0 Å². The zero-order valence-corrected chi connectivity index (χ0v) is 25.1. The Labute approximate surface area is 225 Å². The van der Waals surface area contributed by atoms with Crippen LogP contribution in [0, 0.1) is 11.3 Å². The van der Waals surface area contributed by atoms with Gasteiger partial charge in [-0.1, -0.05) is 97.0 Å². The highest BCUT2D eigenvalue weighted by Crippen LogP contribution is 2.48. The van der Waals surface area contributed by atoms with E-state index in [2.05, 4.69) is 97.0 Å². The summed E-state index contributed by atoms with van der Waals surface area (Å²) in [5.41, 5.74) is 3.41. The van der Waals surface area contributed by atoms with Crippen LogP contribution in [0.3, 0.4) is 0 Å². The molecule has 1 unspecified atom stereocenters. The van der Waals surface area contributed by atoms with Gasteiger partial charge in [0.05, 0.1) is 0 Å². The van der Waals surface area contributed by atoms with Gasteiger partial charge in [-0.2, -0.15) is 9.78 Å². The normalized spacial score (nSPS) is 20.0. The first-order chi connectivity index (χ1) is 17.0. The second-order valence-corrected chi connectivity index (χ2v) is 13.7. The lowest BCUT2D eigenvalue weighted by Crippen LogP contribution is -2.48. The summed E-state index contributed by atoms with van der Waals surface area (Å²) in [4.78, 5) is 25.2. The minimum absolute atomic E-state index is 0.0216. The molecule has 0 heterocycles. The van der Waals surface area contributed by atoms with E-state index in [9.17, 15) is 0 Å². The molecule has 0 radical (unpaired) electrons. The quantitative estimate of drug-likeness (QED) is 0.181. The van der Waals surface area contributed by atoms with Gasteiger partial charge in [-0.05, 0) is 79.5 Å². The topological polar surface area (TPSA) is 36.9 Å². The lowest BCUT2D eigenvalue weighted by atomic mass is 9.70. The molecule has 37 heavy (non-hydrogen) atoms. The molecule has 1 aliphatic rings. The van der Waals surface area contributed by atoms with Crippen molar-refractivity contribution < 1.29 is 19.6 Å². The van der Waals surface area contributed by atoms with Crippen LogP contribution >= 0.6 is 0 Å². The summed E-state index contributed by atoms with van der Waals surface area (Å²) in [5.74, 6) is 0.268. The van der Waals surface area contributed by atoms with Gasteiger partial charge in [0.1, 0.15) is 11.2 Å². The standard InChI is InChI=1S/C33H50O4/c1-23(2)26-14-12-16-28(18-26)31(8,9)34-36-33(21-25(5)20-30(6,7)22-33)37-35-32(10,11)29-17-13-15-27(19-29)24(3)4/h12-19,23-25H,20-22H2,1-11H3. The van der Waals surface area contributed by atoms with Gasteiger partial charge in [0, 0.05) is 12.8 Å². The van der Waals surface area contributed by atoms with Crippen LogP contribution in [-0.2, 0) is 30.8 Å². The van der Waals surface area contributed by atoms with Gasteiger partial charge in [-0.3, -0.25) is 0 Å². The van der Waals surface area contributed by atoms with Gasteiger partial charge in [0.15, 0.2) is 0 Å². The van der Waals surface area contributed by atoms with Crippen molar-refractivity contribution in [2.75, 3.05) is 0 Å². The largest absolute Gasteiger partial charge is 0.234 e. The van der Waals surface area contributed by atoms with Crippen LogP contribution in [0.25, 0.3) is 0 Å². The van der Waals surface area contributed by atoms with Gasteiger partial charge < -0.3 is 0 Å². The molecule has 3 rings (SSSR count). The van der Waals surface area contributed by atoms with Crippen LogP contribution < -0.4 is 0 Å². The maximum Gasteiger partial charge on any atom is 0.234 e. The Morgan fingerprint density at radius 3 is 1.54 bits per heavy atom. The van der Waals surface area contributed by atoms with Crippen LogP contribution in [0.5, 0.6) is 0 Å².